The summed E-state index contributed by atoms with van der Waals surface area (Å²) in [4.78, 5) is 0. The lowest BCUT2D eigenvalue weighted by Crippen LogP contribution is -2.09. The topological polar surface area (TPSA) is 12.0 Å². The van der Waals surface area contributed by atoms with E-state index >= 15 is 0 Å². The molecule has 3 rings (SSSR count). The van der Waals surface area contributed by atoms with Gasteiger partial charge in [-0.25, -0.2) is 13.2 Å². The fourth-order valence-corrected chi connectivity index (χ4v) is 2.84. The molecule has 110 valence electrons. The van der Waals surface area contributed by atoms with Gasteiger partial charge in [0.1, 0.15) is 5.82 Å². The predicted octanol–water partition coefficient (Wildman–Crippen LogP) is 4.59. The van der Waals surface area contributed by atoms with Crippen molar-refractivity contribution in [3.63, 3.8) is 0 Å². The second-order valence-corrected chi connectivity index (χ2v) is 5.36. The van der Waals surface area contributed by atoms with E-state index in [1.807, 2.05) is 12.1 Å². The van der Waals surface area contributed by atoms with Gasteiger partial charge >= 0.3 is 0 Å². The third kappa shape index (κ3) is 2.89. The third-order valence-corrected chi connectivity index (χ3v) is 3.95. The molecule has 0 amide bonds. The molecule has 2 aromatic carbocycles. The van der Waals surface area contributed by atoms with E-state index in [0.717, 1.165) is 31.0 Å². The van der Waals surface area contributed by atoms with E-state index in [-0.39, 0.29) is 12.1 Å². The maximum atomic E-state index is 13.6. The molecule has 0 saturated heterocycles. The van der Waals surface area contributed by atoms with Crippen LogP contribution in [-0.4, -0.2) is 0 Å². The summed E-state index contributed by atoms with van der Waals surface area (Å²) in [7, 11) is 0. The Morgan fingerprint density at radius 1 is 0.905 bits per heavy atom. The van der Waals surface area contributed by atoms with E-state index in [1.165, 1.54) is 17.5 Å². The van der Waals surface area contributed by atoms with Gasteiger partial charge in [0.15, 0.2) is 11.6 Å². The van der Waals surface area contributed by atoms with E-state index < -0.39 is 17.5 Å². The number of rotatable bonds is 3. The molecular weight excluding hydrogens is 275 g/mol. The number of aryl methyl sites for hydroxylation is 1. The fraction of sp³-hybridized carbons (Fsp3) is 0.294. The van der Waals surface area contributed by atoms with Crippen LogP contribution in [0.2, 0.25) is 0 Å². The smallest absolute Gasteiger partial charge is 0.161 e. The van der Waals surface area contributed by atoms with E-state index in [4.69, 9.17) is 0 Å². The molecule has 0 bridgehead atoms. The van der Waals surface area contributed by atoms with Gasteiger partial charge < -0.3 is 5.32 Å². The van der Waals surface area contributed by atoms with E-state index in [2.05, 4.69) is 11.4 Å². The summed E-state index contributed by atoms with van der Waals surface area (Å²) in [6, 6.07) is 7.52. The van der Waals surface area contributed by atoms with Crippen molar-refractivity contribution < 1.29 is 13.2 Å². The van der Waals surface area contributed by atoms with Crippen molar-refractivity contribution in [2.75, 3.05) is 5.32 Å². The van der Waals surface area contributed by atoms with Gasteiger partial charge in [0, 0.05) is 23.9 Å². The summed E-state index contributed by atoms with van der Waals surface area (Å²) < 4.78 is 39.7. The number of nitrogens with one attached hydrogen (secondary N) is 1. The second kappa shape index (κ2) is 5.80. The Hall–Kier alpha value is -1.97. The highest BCUT2D eigenvalue weighted by atomic mass is 19.2. The molecule has 0 aromatic heterocycles. The molecule has 1 aliphatic rings. The quantitative estimate of drug-likeness (QED) is 0.815. The average molecular weight is 291 g/mol. The van der Waals surface area contributed by atoms with E-state index in [1.54, 1.807) is 0 Å². The summed E-state index contributed by atoms with van der Waals surface area (Å²) in [5.41, 5.74) is 3.65. The highest BCUT2D eigenvalue weighted by Gasteiger charge is 2.14. The van der Waals surface area contributed by atoms with Crippen LogP contribution in [0.4, 0.5) is 18.9 Å². The van der Waals surface area contributed by atoms with Crippen molar-refractivity contribution in [2.45, 2.75) is 32.2 Å². The van der Waals surface area contributed by atoms with Crippen LogP contribution in [0, 0.1) is 17.5 Å². The number of hydrogen-bond acceptors (Lipinski definition) is 1. The molecule has 1 N–H and O–H groups in total. The highest BCUT2D eigenvalue weighted by Crippen LogP contribution is 2.28. The molecule has 1 aliphatic carbocycles. The van der Waals surface area contributed by atoms with Gasteiger partial charge in [-0.2, -0.15) is 0 Å². The van der Waals surface area contributed by atoms with Crippen LogP contribution >= 0.6 is 0 Å². The van der Waals surface area contributed by atoms with Gasteiger partial charge in [-0.05, 0) is 48.9 Å². The van der Waals surface area contributed by atoms with Gasteiger partial charge in [-0.15, -0.1) is 0 Å². The molecule has 21 heavy (non-hydrogen) atoms. The second-order valence-electron chi connectivity index (χ2n) is 5.36. The fourth-order valence-electron chi connectivity index (χ4n) is 2.84. The number of halogens is 3. The van der Waals surface area contributed by atoms with Crippen LogP contribution in [0.5, 0.6) is 0 Å². The Balaban J connectivity index is 1.81. The Morgan fingerprint density at radius 2 is 1.67 bits per heavy atom. The lowest BCUT2D eigenvalue weighted by Gasteiger charge is -2.20. The number of benzene rings is 2. The average Bonchev–Trinajstić information content (AvgIpc) is 2.49. The Labute approximate surface area is 121 Å². The van der Waals surface area contributed by atoms with Crippen molar-refractivity contribution in [1.29, 1.82) is 0 Å². The lowest BCUT2D eigenvalue weighted by atomic mass is 9.90. The summed E-state index contributed by atoms with van der Waals surface area (Å²) in [6.07, 6.45) is 4.39. The molecule has 0 heterocycles. The number of fused-ring (bicyclic) bond motifs is 1. The first-order chi connectivity index (χ1) is 10.1. The zero-order valence-electron chi connectivity index (χ0n) is 11.6. The van der Waals surface area contributed by atoms with Gasteiger partial charge in [-0.1, -0.05) is 12.1 Å². The Morgan fingerprint density at radius 3 is 2.52 bits per heavy atom. The monoisotopic (exact) mass is 291 g/mol. The van der Waals surface area contributed by atoms with Crippen LogP contribution < -0.4 is 5.32 Å². The molecular formula is C17H16F3N. The SMILES string of the molecule is Fc1cc(F)c(CNc2cccc3c2CCCC3)cc1F. The Bertz CT molecular complexity index is 667. The van der Waals surface area contributed by atoms with Gasteiger partial charge in [-0.3, -0.25) is 0 Å². The molecule has 0 atom stereocenters. The maximum Gasteiger partial charge on any atom is 0.161 e. The van der Waals surface area contributed by atoms with Crippen LogP contribution in [-0.2, 0) is 19.4 Å². The third-order valence-electron chi connectivity index (χ3n) is 3.95. The first-order valence-corrected chi connectivity index (χ1v) is 7.13. The maximum absolute atomic E-state index is 13.6. The molecule has 0 radical (unpaired) electrons. The van der Waals surface area contributed by atoms with Crippen LogP contribution in [0.3, 0.4) is 0 Å². The largest absolute Gasteiger partial charge is 0.381 e. The minimum Gasteiger partial charge on any atom is -0.381 e. The van der Waals surface area contributed by atoms with Crippen molar-refractivity contribution in [2.24, 2.45) is 0 Å². The normalized spacial score (nSPS) is 13.9. The molecule has 1 nitrogen and oxygen atoms in total. The summed E-state index contributed by atoms with van der Waals surface area (Å²) in [5.74, 6) is -2.91. The van der Waals surface area contributed by atoms with E-state index in [0.29, 0.717) is 6.07 Å². The zero-order valence-corrected chi connectivity index (χ0v) is 11.6. The first-order valence-electron chi connectivity index (χ1n) is 7.13. The summed E-state index contributed by atoms with van der Waals surface area (Å²) >= 11 is 0. The molecule has 4 heteroatoms. The van der Waals surface area contributed by atoms with Crippen molar-refractivity contribution in [3.05, 3.63) is 64.5 Å². The van der Waals surface area contributed by atoms with Gasteiger partial charge in [0.05, 0.1) is 0 Å². The summed E-state index contributed by atoms with van der Waals surface area (Å²) in [5, 5.41) is 3.15. The van der Waals surface area contributed by atoms with Crippen molar-refractivity contribution >= 4 is 5.69 Å². The highest BCUT2D eigenvalue weighted by molar-refractivity contribution is 5.55. The van der Waals surface area contributed by atoms with Crippen LogP contribution in [0.25, 0.3) is 0 Å². The van der Waals surface area contributed by atoms with Crippen LogP contribution in [0.1, 0.15) is 29.5 Å². The zero-order chi connectivity index (χ0) is 14.8. The van der Waals surface area contributed by atoms with Gasteiger partial charge in [0.25, 0.3) is 0 Å². The van der Waals surface area contributed by atoms with Crippen molar-refractivity contribution in [3.8, 4) is 0 Å². The number of hydrogen-bond donors (Lipinski definition) is 1. The molecule has 0 spiro atoms. The van der Waals surface area contributed by atoms with Gasteiger partial charge in [0.2, 0.25) is 0 Å². The van der Waals surface area contributed by atoms with Crippen LogP contribution in [0.15, 0.2) is 30.3 Å². The minimum absolute atomic E-state index is 0.127. The Kier molecular flexibility index (Phi) is 3.86. The molecule has 0 fully saturated rings. The molecule has 0 saturated carbocycles. The number of anilines is 1. The minimum atomic E-state index is -1.16. The molecule has 0 unspecified atom stereocenters. The first kappa shape index (κ1) is 14.0. The van der Waals surface area contributed by atoms with Crippen molar-refractivity contribution in [1.82, 2.24) is 0 Å². The summed E-state index contributed by atoms with van der Waals surface area (Å²) in [6.45, 7) is 0.138. The molecule has 2 aromatic rings. The predicted molar refractivity (Wildman–Crippen MR) is 76.7 cm³/mol. The molecule has 0 aliphatic heterocycles. The standard InChI is InChI=1S/C17H16F3N/c18-14-9-16(20)15(19)8-12(14)10-21-17-7-3-5-11-4-1-2-6-13(11)17/h3,5,7-9,21H,1-2,4,6,10H2. The van der Waals surface area contributed by atoms with E-state index in [9.17, 15) is 13.2 Å². The lowest BCUT2D eigenvalue weighted by molar-refractivity contribution is 0.490.